The Labute approximate surface area is 120 Å². The van der Waals surface area contributed by atoms with Crippen LogP contribution in [0.1, 0.15) is 22.7 Å². The monoisotopic (exact) mass is 299 g/mol. The van der Waals surface area contributed by atoms with Crippen LogP contribution in [0.5, 0.6) is 0 Å². The predicted octanol–water partition coefficient (Wildman–Crippen LogP) is 4.37. The van der Waals surface area contributed by atoms with E-state index in [9.17, 15) is 13.2 Å². The predicted molar refractivity (Wildman–Crippen MR) is 73.4 cm³/mol. The fourth-order valence-electron chi connectivity index (χ4n) is 2.20. The molecular formula is C15H13ClF3N. The van der Waals surface area contributed by atoms with Gasteiger partial charge in [-0.25, -0.2) is 13.2 Å². The average Bonchev–Trinajstić information content (AvgIpc) is 2.38. The Hall–Kier alpha value is -1.52. The van der Waals surface area contributed by atoms with Crippen molar-refractivity contribution in [2.75, 3.05) is 7.05 Å². The molecule has 1 unspecified atom stereocenters. The van der Waals surface area contributed by atoms with Crippen molar-refractivity contribution in [3.8, 4) is 0 Å². The smallest absolute Gasteiger partial charge is 0.194 e. The minimum atomic E-state index is -1.47. The molecule has 1 nitrogen and oxygen atoms in total. The van der Waals surface area contributed by atoms with E-state index in [2.05, 4.69) is 5.32 Å². The zero-order valence-corrected chi connectivity index (χ0v) is 11.7. The first-order chi connectivity index (χ1) is 9.43. The Morgan fingerprint density at radius 2 is 1.75 bits per heavy atom. The van der Waals surface area contributed by atoms with Crippen molar-refractivity contribution >= 4 is 11.6 Å². The van der Waals surface area contributed by atoms with Crippen molar-refractivity contribution in [2.24, 2.45) is 0 Å². The lowest BCUT2D eigenvalue weighted by Gasteiger charge is -2.19. The zero-order valence-electron chi connectivity index (χ0n) is 11.0. The number of benzene rings is 2. The minimum absolute atomic E-state index is 0.0352. The highest BCUT2D eigenvalue weighted by Gasteiger charge is 2.21. The molecule has 2 aromatic rings. The van der Waals surface area contributed by atoms with Crippen LogP contribution in [0.4, 0.5) is 13.2 Å². The summed E-state index contributed by atoms with van der Waals surface area (Å²) in [6, 6.07) is 6.77. The molecule has 106 valence electrons. The maximum atomic E-state index is 13.9. The molecular weight excluding hydrogens is 287 g/mol. The van der Waals surface area contributed by atoms with Gasteiger partial charge >= 0.3 is 0 Å². The summed E-state index contributed by atoms with van der Waals surface area (Å²) in [7, 11) is 1.61. The van der Waals surface area contributed by atoms with Gasteiger partial charge in [-0.1, -0.05) is 23.7 Å². The van der Waals surface area contributed by atoms with Crippen molar-refractivity contribution in [2.45, 2.75) is 13.0 Å². The van der Waals surface area contributed by atoms with E-state index in [0.29, 0.717) is 10.6 Å². The maximum Gasteiger partial charge on any atom is 0.194 e. The van der Waals surface area contributed by atoms with E-state index in [1.807, 2.05) is 13.0 Å². The first-order valence-electron chi connectivity index (χ1n) is 6.01. The van der Waals surface area contributed by atoms with Crippen molar-refractivity contribution in [1.29, 1.82) is 0 Å². The fraction of sp³-hybridized carbons (Fsp3) is 0.200. The highest BCUT2D eigenvalue weighted by molar-refractivity contribution is 6.30. The Kier molecular flexibility index (Phi) is 4.35. The molecule has 0 aliphatic rings. The Bertz CT molecular complexity index is 623. The van der Waals surface area contributed by atoms with Crippen LogP contribution < -0.4 is 5.32 Å². The molecule has 1 N–H and O–H groups in total. The lowest BCUT2D eigenvalue weighted by molar-refractivity contribution is 0.435. The maximum absolute atomic E-state index is 13.9. The van der Waals surface area contributed by atoms with Gasteiger partial charge in [-0.05, 0) is 43.3 Å². The summed E-state index contributed by atoms with van der Waals surface area (Å²) >= 11 is 5.98. The molecule has 0 fully saturated rings. The third kappa shape index (κ3) is 2.81. The molecule has 0 saturated carbocycles. The van der Waals surface area contributed by atoms with Crippen molar-refractivity contribution in [3.05, 3.63) is 69.5 Å². The molecule has 5 heteroatoms. The van der Waals surface area contributed by atoms with Gasteiger partial charge in [0.1, 0.15) is 0 Å². The van der Waals surface area contributed by atoms with Crippen molar-refractivity contribution in [1.82, 2.24) is 5.32 Å². The molecule has 1 atom stereocenters. The molecule has 0 heterocycles. The van der Waals surface area contributed by atoms with Gasteiger partial charge in [0.25, 0.3) is 0 Å². The first-order valence-corrected chi connectivity index (χ1v) is 6.39. The number of hydrogen-bond acceptors (Lipinski definition) is 1. The van der Waals surface area contributed by atoms with E-state index >= 15 is 0 Å². The van der Waals surface area contributed by atoms with E-state index in [1.165, 1.54) is 6.07 Å². The van der Waals surface area contributed by atoms with Crippen LogP contribution in [0.2, 0.25) is 5.02 Å². The molecule has 0 aliphatic heterocycles. The average molecular weight is 300 g/mol. The van der Waals surface area contributed by atoms with Gasteiger partial charge < -0.3 is 5.32 Å². The van der Waals surface area contributed by atoms with Gasteiger partial charge in [0.05, 0.1) is 6.04 Å². The molecule has 20 heavy (non-hydrogen) atoms. The normalized spacial score (nSPS) is 12.5. The van der Waals surface area contributed by atoms with Gasteiger partial charge in [-0.15, -0.1) is 0 Å². The molecule has 0 saturated heterocycles. The first kappa shape index (κ1) is 14.9. The van der Waals surface area contributed by atoms with E-state index in [4.69, 9.17) is 11.6 Å². The molecule has 0 radical (unpaired) electrons. The third-order valence-corrected chi connectivity index (χ3v) is 3.28. The minimum Gasteiger partial charge on any atom is -0.309 e. The second-order valence-corrected chi connectivity index (χ2v) is 4.98. The fourth-order valence-corrected chi connectivity index (χ4v) is 2.49. The Balaban J connectivity index is 2.55. The van der Waals surface area contributed by atoms with E-state index in [1.54, 1.807) is 19.2 Å². The quantitative estimate of drug-likeness (QED) is 0.830. The Morgan fingerprint density at radius 1 is 1.05 bits per heavy atom. The van der Waals surface area contributed by atoms with Crippen molar-refractivity contribution in [3.63, 3.8) is 0 Å². The van der Waals surface area contributed by atoms with Crippen LogP contribution in [-0.2, 0) is 0 Å². The topological polar surface area (TPSA) is 12.0 Å². The van der Waals surface area contributed by atoms with Gasteiger partial charge in [0.2, 0.25) is 0 Å². The lowest BCUT2D eigenvalue weighted by atomic mass is 9.97. The molecule has 0 spiro atoms. The second kappa shape index (κ2) is 5.85. The van der Waals surface area contributed by atoms with E-state index in [0.717, 1.165) is 11.6 Å². The molecule has 2 aromatic carbocycles. The summed E-state index contributed by atoms with van der Waals surface area (Å²) in [6.45, 7) is 1.85. The summed E-state index contributed by atoms with van der Waals surface area (Å²) in [5.41, 5.74) is 1.62. The summed E-state index contributed by atoms with van der Waals surface area (Å²) in [5, 5.41) is 3.39. The van der Waals surface area contributed by atoms with Gasteiger partial charge in [0.15, 0.2) is 17.5 Å². The number of rotatable bonds is 3. The zero-order chi connectivity index (χ0) is 14.9. The summed E-state index contributed by atoms with van der Waals surface area (Å²) < 4.78 is 40.3. The largest absolute Gasteiger partial charge is 0.309 e. The third-order valence-electron chi connectivity index (χ3n) is 3.06. The summed E-state index contributed by atoms with van der Waals surface area (Å²) in [5.74, 6) is -3.87. The highest BCUT2D eigenvalue weighted by atomic mass is 35.5. The number of hydrogen-bond donors (Lipinski definition) is 1. The highest BCUT2D eigenvalue weighted by Crippen LogP contribution is 2.29. The lowest BCUT2D eigenvalue weighted by Crippen LogP contribution is -2.20. The van der Waals surface area contributed by atoms with Crippen LogP contribution in [0.25, 0.3) is 0 Å². The SMILES string of the molecule is CNC(c1cc(C)cc(Cl)c1)c1ccc(F)c(F)c1F. The molecule has 0 amide bonds. The van der Waals surface area contributed by atoms with Crippen LogP contribution in [0.3, 0.4) is 0 Å². The van der Waals surface area contributed by atoms with E-state index in [-0.39, 0.29) is 5.56 Å². The summed E-state index contributed by atoms with van der Waals surface area (Å²) in [6.07, 6.45) is 0. The van der Waals surface area contributed by atoms with E-state index < -0.39 is 23.5 Å². The number of aryl methyl sites for hydroxylation is 1. The van der Waals surface area contributed by atoms with Crippen LogP contribution in [0.15, 0.2) is 30.3 Å². The van der Waals surface area contributed by atoms with Crippen molar-refractivity contribution < 1.29 is 13.2 Å². The van der Waals surface area contributed by atoms with Crippen LogP contribution in [-0.4, -0.2) is 7.05 Å². The Morgan fingerprint density at radius 3 is 2.35 bits per heavy atom. The number of halogens is 4. The number of nitrogens with one attached hydrogen (secondary N) is 1. The van der Waals surface area contributed by atoms with Gasteiger partial charge in [0, 0.05) is 10.6 Å². The van der Waals surface area contributed by atoms with Gasteiger partial charge in [-0.3, -0.25) is 0 Å². The molecule has 0 bridgehead atoms. The molecule has 0 aliphatic carbocycles. The van der Waals surface area contributed by atoms with Crippen LogP contribution >= 0.6 is 11.6 Å². The molecule has 2 rings (SSSR count). The standard InChI is InChI=1S/C15H13ClF3N/c1-8-5-9(7-10(16)6-8)15(20-2)11-3-4-12(17)14(19)13(11)18/h3-7,15,20H,1-2H3. The molecule has 0 aromatic heterocycles. The van der Waals surface area contributed by atoms with Crippen LogP contribution in [0, 0.1) is 24.4 Å². The van der Waals surface area contributed by atoms with Gasteiger partial charge in [-0.2, -0.15) is 0 Å². The summed E-state index contributed by atoms with van der Waals surface area (Å²) in [4.78, 5) is 0. The second-order valence-electron chi connectivity index (χ2n) is 4.55.